The Morgan fingerprint density at radius 3 is 2.57 bits per heavy atom. The Kier molecular flexibility index (Phi) is 11.6. The van der Waals surface area contributed by atoms with Crippen LogP contribution in [0.25, 0.3) is 5.65 Å². The highest BCUT2D eigenvalue weighted by atomic mass is 79.9. The van der Waals surface area contributed by atoms with Crippen molar-refractivity contribution in [1.82, 2.24) is 18.8 Å². The van der Waals surface area contributed by atoms with Crippen LogP contribution in [0.3, 0.4) is 0 Å². The number of methoxy groups -OCH3 is 2. The van der Waals surface area contributed by atoms with Gasteiger partial charge in [-0.3, -0.25) is 4.90 Å². The number of hydrogen-bond acceptors (Lipinski definition) is 7. The molecule has 1 amide bonds. The predicted octanol–water partition coefficient (Wildman–Crippen LogP) is 6.78. The number of fused-ring (bicyclic) bond motifs is 1. The zero-order valence-electron chi connectivity index (χ0n) is 27.0. The Bertz CT molecular complexity index is 1640. The average Bonchev–Trinajstić information content (AvgIpc) is 3.40. The highest BCUT2D eigenvalue weighted by Gasteiger charge is 2.37. The number of quaternary nitrogens is 1. The van der Waals surface area contributed by atoms with E-state index < -0.39 is 0 Å². The molecule has 1 atom stereocenters. The summed E-state index contributed by atoms with van der Waals surface area (Å²) in [6.45, 7) is 9.48. The topological polar surface area (TPSA) is 74.5 Å². The van der Waals surface area contributed by atoms with Crippen LogP contribution in [0.15, 0.2) is 59.2 Å². The number of carbonyl (C=O) groups is 1. The Morgan fingerprint density at radius 2 is 1.85 bits per heavy atom. The van der Waals surface area contributed by atoms with Crippen molar-refractivity contribution in [3.63, 3.8) is 0 Å². The van der Waals surface area contributed by atoms with Crippen LogP contribution in [-0.2, 0) is 22.5 Å². The van der Waals surface area contributed by atoms with Crippen molar-refractivity contribution in [3.05, 3.63) is 81.2 Å². The van der Waals surface area contributed by atoms with Gasteiger partial charge in [-0.15, -0.1) is 0 Å². The van der Waals surface area contributed by atoms with E-state index in [1.807, 2.05) is 48.7 Å². The van der Waals surface area contributed by atoms with Crippen LogP contribution in [0.4, 0.5) is 5.69 Å². The fraction of sp³-hybridized carbons (Fsp3) is 0.429. The Morgan fingerprint density at radius 1 is 1.09 bits per heavy atom. The first kappa shape index (κ1) is 34.2. The molecule has 0 N–H and O–H groups in total. The molecule has 3 heterocycles. The van der Waals surface area contributed by atoms with Gasteiger partial charge in [-0.2, -0.15) is 0 Å². The quantitative estimate of drug-likeness (QED) is 0.0994. The summed E-state index contributed by atoms with van der Waals surface area (Å²) in [4.78, 5) is 20.9. The minimum Gasteiger partial charge on any atom is -0.496 e. The van der Waals surface area contributed by atoms with Gasteiger partial charge in [0.1, 0.15) is 35.3 Å². The number of amides is 1. The molecule has 0 spiro atoms. The van der Waals surface area contributed by atoms with Crippen LogP contribution in [0, 0.1) is 5.92 Å². The van der Waals surface area contributed by atoms with E-state index in [1.165, 1.54) is 0 Å². The fourth-order valence-electron chi connectivity index (χ4n) is 5.93. The second-order valence-corrected chi connectivity index (χ2v) is 13.3. The van der Waals surface area contributed by atoms with Gasteiger partial charge < -0.3 is 23.3 Å². The smallest absolute Gasteiger partial charge is 0.306 e. The lowest BCUT2D eigenvalue weighted by atomic mass is 10.0. The molecule has 246 valence electrons. The number of morpholine rings is 1. The average molecular weight is 715 g/mol. The monoisotopic (exact) mass is 713 g/mol. The van der Waals surface area contributed by atoms with Crippen LogP contribution in [0.1, 0.15) is 37.2 Å². The van der Waals surface area contributed by atoms with Gasteiger partial charge in [0.25, 0.3) is 0 Å². The summed E-state index contributed by atoms with van der Waals surface area (Å²) in [5.41, 5.74) is 4.26. The zero-order valence-corrected chi connectivity index (χ0v) is 29.3. The second-order valence-electron chi connectivity index (χ2n) is 12.0. The van der Waals surface area contributed by atoms with Crippen LogP contribution in [0.2, 0.25) is 5.02 Å². The summed E-state index contributed by atoms with van der Waals surface area (Å²) in [5, 5.41) is 0.371. The highest BCUT2D eigenvalue weighted by Crippen LogP contribution is 2.45. The molecule has 2 aromatic carbocycles. The Labute approximate surface area is 284 Å². The number of pyridine rings is 1. The van der Waals surface area contributed by atoms with Crippen molar-refractivity contribution in [2.45, 2.75) is 33.2 Å². The van der Waals surface area contributed by atoms with E-state index in [4.69, 9.17) is 35.5 Å². The predicted molar refractivity (Wildman–Crippen MR) is 185 cm³/mol. The second kappa shape index (κ2) is 15.6. The standard InChI is InChI=1S/C35H43BrClN4O5/c1-25(2)12-17-41(24-42,30-9-11-32(44-4)35(34(30)37)46-20-16-39-14-18-45-19-15-39)23-28-29(40-13-6-5-7-33(40)38-28)22-26-21-27(36)8-10-31(26)43-3/h5-11,13,21,24-25H,12,14-20,22-23H2,1-4H3/q+1. The Balaban J connectivity index is 1.56. The molecule has 2 aromatic heterocycles. The number of hydrogen-bond donors (Lipinski definition) is 0. The SMILES string of the molecule is COc1ccc(Br)cc1Cc1c(C[N+](C=O)(CCC(C)C)c2ccc(OC)c(OCCN3CCOCC3)c2Cl)nc2ccccn12. The summed E-state index contributed by atoms with van der Waals surface area (Å²) in [5.74, 6) is 2.12. The fourth-order valence-corrected chi connectivity index (χ4v) is 6.72. The number of nitrogens with zero attached hydrogens (tertiary/aromatic N) is 4. The number of rotatable bonds is 15. The van der Waals surface area contributed by atoms with Gasteiger partial charge in [0.2, 0.25) is 0 Å². The highest BCUT2D eigenvalue weighted by molar-refractivity contribution is 9.10. The zero-order chi connectivity index (χ0) is 32.7. The van der Waals surface area contributed by atoms with E-state index in [0.29, 0.717) is 67.5 Å². The van der Waals surface area contributed by atoms with Gasteiger partial charge in [-0.25, -0.2) is 14.3 Å². The largest absolute Gasteiger partial charge is 0.496 e. The summed E-state index contributed by atoms with van der Waals surface area (Å²) in [7, 11) is 3.27. The maximum Gasteiger partial charge on any atom is 0.306 e. The van der Waals surface area contributed by atoms with Crippen LogP contribution < -0.4 is 18.7 Å². The molecule has 0 saturated carbocycles. The summed E-state index contributed by atoms with van der Waals surface area (Å²) in [6, 6.07) is 15.6. The first-order valence-corrected chi connectivity index (χ1v) is 16.9. The van der Waals surface area contributed by atoms with Gasteiger partial charge in [0, 0.05) is 48.4 Å². The molecule has 1 aliphatic heterocycles. The molecule has 9 nitrogen and oxygen atoms in total. The molecule has 1 unspecified atom stereocenters. The maximum absolute atomic E-state index is 13.5. The third-order valence-electron chi connectivity index (χ3n) is 8.55. The van der Waals surface area contributed by atoms with Gasteiger partial charge in [0.15, 0.2) is 17.2 Å². The van der Waals surface area contributed by atoms with E-state index >= 15 is 0 Å². The third kappa shape index (κ3) is 7.69. The van der Waals surface area contributed by atoms with Gasteiger partial charge in [-0.1, -0.05) is 47.4 Å². The van der Waals surface area contributed by atoms with Crippen molar-refractivity contribution >= 4 is 45.3 Å². The molecule has 0 bridgehead atoms. The molecule has 0 radical (unpaired) electrons. The molecule has 4 aromatic rings. The van der Waals surface area contributed by atoms with Gasteiger partial charge >= 0.3 is 6.41 Å². The Hall–Kier alpha value is -3.15. The number of ether oxygens (including phenoxy) is 4. The number of aromatic nitrogens is 2. The molecular weight excluding hydrogens is 672 g/mol. The number of benzene rings is 2. The van der Waals surface area contributed by atoms with Crippen molar-refractivity contribution in [2.75, 3.05) is 60.2 Å². The minimum atomic E-state index is -0.0483. The van der Waals surface area contributed by atoms with Crippen molar-refractivity contribution in [2.24, 2.45) is 5.92 Å². The maximum atomic E-state index is 13.5. The molecule has 5 rings (SSSR count). The molecule has 11 heteroatoms. The lowest BCUT2D eigenvalue weighted by Gasteiger charge is -2.33. The summed E-state index contributed by atoms with van der Waals surface area (Å²) >= 11 is 10.8. The first-order valence-electron chi connectivity index (χ1n) is 15.7. The third-order valence-corrected chi connectivity index (χ3v) is 9.41. The van der Waals surface area contributed by atoms with E-state index in [-0.39, 0.29) is 4.48 Å². The molecule has 1 fully saturated rings. The molecular formula is C35H43BrClN4O5+. The summed E-state index contributed by atoms with van der Waals surface area (Å²) in [6.07, 6.45) is 4.37. The molecule has 46 heavy (non-hydrogen) atoms. The van der Waals surface area contributed by atoms with Crippen molar-refractivity contribution in [1.29, 1.82) is 0 Å². The first-order chi connectivity index (χ1) is 22.3. The van der Waals surface area contributed by atoms with E-state index in [1.54, 1.807) is 14.2 Å². The minimum absolute atomic E-state index is 0.0483. The lowest BCUT2D eigenvalue weighted by Crippen LogP contribution is -2.49. The lowest BCUT2D eigenvalue weighted by molar-refractivity contribution is -0.118. The molecule has 1 aliphatic rings. The normalized spacial score (nSPS) is 15.2. The van der Waals surface area contributed by atoms with Gasteiger partial charge in [0.05, 0.1) is 39.7 Å². The van der Waals surface area contributed by atoms with Crippen molar-refractivity contribution < 1.29 is 23.7 Å². The van der Waals surface area contributed by atoms with E-state index in [0.717, 1.165) is 65.3 Å². The summed E-state index contributed by atoms with van der Waals surface area (Å²) < 4.78 is 26.2. The molecule has 0 aliphatic carbocycles. The molecule has 1 saturated heterocycles. The number of carbonyl (C=O) groups excluding carboxylic acids is 1. The van der Waals surface area contributed by atoms with E-state index in [2.05, 4.69) is 45.1 Å². The van der Waals surface area contributed by atoms with Crippen LogP contribution >= 0.6 is 27.5 Å². The van der Waals surface area contributed by atoms with Crippen LogP contribution in [0.5, 0.6) is 17.2 Å². The van der Waals surface area contributed by atoms with Gasteiger partial charge in [-0.05, 0) is 48.7 Å². The number of imidazole rings is 1. The van der Waals surface area contributed by atoms with Crippen LogP contribution in [-0.4, -0.2) is 80.9 Å². The number of halogens is 2. The van der Waals surface area contributed by atoms with Crippen molar-refractivity contribution in [3.8, 4) is 17.2 Å². The van der Waals surface area contributed by atoms with E-state index in [9.17, 15) is 4.79 Å².